The zero-order valence-corrected chi connectivity index (χ0v) is 7.54. The third-order valence-corrected chi connectivity index (χ3v) is 2.42. The maximum Gasteiger partial charge on any atom is 0.178 e. The number of imidazole rings is 1. The standard InChI is InChI=1S/C7H6BrN3/c1-5-10-7-6(11(5)8)3-2-4-9-7/h2-4H,1H3. The molecule has 0 aromatic carbocycles. The average Bonchev–Trinajstić information content (AvgIpc) is 2.30. The number of hydrogen-bond acceptors (Lipinski definition) is 2. The third-order valence-electron chi connectivity index (χ3n) is 1.53. The van der Waals surface area contributed by atoms with Crippen LogP contribution in [0.15, 0.2) is 18.3 Å². The summed E-state index contributed by atoms with van der Waals surface area (Å²) in [5.74, 6) is 0.915. The van der Waals surface area contributed by atoms with Crippen molar-refractivity contribution in [3.8, 4) is 0 Å². The molecule has 0 unspecified atom stereocenters. The number of aromatic nitrogens is 3. The van der Waals surface area contributed by atoms with Crippen molar-refractivity contribution in [1.29, 1.82) is 0 Å². The van der Waals surface area contributed by atoms with Gasteiger partial charge in [0.25, 0.3) is 0 Å². The number of nitrogens with zero attached hydrogens (tertiary/aromatic N) is 3. The Morgan fingerprint density at radius 2 is 2.36 bits per heavy atom. The number of hydrogen-bond donors (Lipinski definition) is 0. The molecule has 0 aliphatic carbocycles. The lowest BCUT2D eigenvalue weighted by atomic mass is 10.4. The summed E-state index contributed by atoms with van der Waals surface area (Å²) in [5, 5.41) is 0. The molecule has 0 aliphatic heterocycles. The SMILES string of the molecule is Cc1nc2ncccc2n1Br. The largest absolute Gasteiger partial charge is 0.260 e. The van der Waals surface area contributed by atoms with Gasteiger partial charge in [-0.05, 0) is 19.1 Å². The van der Waals surface area contributed by atoms with Gasteiger partial charge in [-0.25, -0.2) is 9.97 Å². The van der Waals surface area contributed by atoms with Crippen molar-refractivity contribution in [2.24, 2.45) is 0 Å². The minimum atomic E-state index is 0.780. The summed E-state index contributed by atoms with van der Waals surface area (Å²) in [4.78, 5) is 8.32. The molecule has 2 rings (SSSR count). The second kappa shape index (κ2) is 2.30. The first-order valence-electron chi connectivity index (χ1n) is 3.25. The van der Waals surface area contributed by atoms with Gasteiger partial charge in [-0.1, -0.05) is 0 Å². The van der Waals surface area contributed by atoms with Gasteiger partial charge in [0.15, 0.2) is 5.65 Å². The zero-order valence-electron chi connectivity index (χ0n) is 5.95. The fourth-order valence-electron chi connectivity index (χ4n) is 0.999. The van der Waals surface area contributed by atoms with E-state index in [1.54, 1.807) is 6.20 Å². The summed E-state index contributed by atoms with van der Waals surface area (Å²) >= 11 is 3.36. The van der Waals surface area contributed by atoms with E-state index in [0.29, 0.717) is 0 Å². The highest BCUT2D eigenvalue weighted by atomic mass is 79.9. The van der Waals surface area contributed by atoms with E-state index in [1.165, 1.54) is 0 Å². The van der Waals surface area contributed by atoms with Crippen LogP contribution in [0.5, 0.6) is 0 Å². The van der Waals surface area contributed by atoms with Gasteiger partial charge < -0.3 is 0 Å². The van der Waals surface area contributed by atoms with Gasteiger partial charge in [0.2, 0.25) is 0 Å². The highest BCUT2D eigenvalue weighted by Crippen LogP contribution is 2.14. The molecular formula is C7H6BrN3. The maximum atomic E-state index is 4.22. The van der Waals surface area contributed by atoms with Gasteiger partial charge in [0.1, 0.15) is 5.82 Å². The highest BCUT2D eigenvalue weighted by molar-refractivity contribution is 9.08. The first kappa shape index (κ1) is 6.79. The fraction of sp³-hybridized carbons (Fsp3) is 0.143. The van der Waals surface area contributed by atoms with Crippen molar-refractivity contribution in [2.45, 2.75) is 6.92 Å². The van der Waals surface area contributed by atoms with Crippen LogP contribution in [-0.2, 0) is 0 Å². The summed E-state index contributed by atoms with van der Waals surface area (Å²) in [6.45, 7) is 1.93. The Bertz CT molecular complexity index is 393. The van der Waals surface area contributed by atoms with E-state index in [-0.39, 0.29) is 0 Å². The molecule has 56 valence electrons. The Morgan fingerprint density at radius 1 is 1.55 bits per heavy atom. The van der Waals surface area contributed by atoms with Gasteiger partial charge in [0.05, 0.1) is 21.7 Å². The minimum Gasteiger partial charge on any atom is -0.260 e. The summed E-state index contributed by atoms with van der Waals surface area (Å²) < 4.78 is 1.84. The van der Waals surface area contributed by atoms with Crippen LogP contribution < -0.4 is 0 Å². The fourth-order valence-corrected chi connectivity index (χ4v) is 1.36. The number of aryl methyl sites for hydroxylation is 1. The second-order valence-corrected chi connectivity index (χ2v) is 3.00. The van der Waals surface area contributed by atoms with Crippen LogP contribution in [0.1, 0.15) is 5.82 Å². The average molecular weight is 212 g/mol. The molecule has 0 saturated heterocycles. The van der Waals surface area contributed by atoms with E-state index >= 15 is 0 Å². The lowest BCUT2D eigenvalue weighted by molar-refractivity contribution is 1.13. The molecule has 0 atom stereocenters. The van der Waals surface area contributed by atoms with Crippen LogP contribution in [0.4, 0.5) is 0 Å². The van der Waals surface area contributed by atoms with E-state index in [0.717, 1.165) is 17.0 Å². The van der Waals surface area contributed by atoms with E-state index in [2.05, 4.69) is 26.1 Å². The lowest BCUT2D eigenvalue weighted by Gasteiger charge is -1.89. The van der Waals surface area contributed by atoms with Crippen molar-refractivity contribution < 1.29 is 0 Å². The number of rotatable bonds is 0. The van der Waals surface area contributed by atoms with Gasteiger partial charge in [-0.3, -0.25) is 3.59 Å². The predicted molar refractivity (Wildman–Crippen MR) is 46.6 cm³/mol. The molecule has 4 heteroatoms. The van der Waals surface area contributed by atoms with Crippen molar-refractivity contribution >= 4 is 27.3 Å². The maximum absolute atomic E-state index is 4.22. The van der Waals surface area contributed by atoms with Gasteiger partial charge >= 0.3 is 0 Å². The summed E-state index contributed by atoms with van der Waals surface area (Å²) in [7, 11) is 0. The molecule has 11 heavy (non-hydrogen) atoms. The highest BCUT2D eigenvalue weighted by Gasteiger charge is 2.03. The topological polar surface area (TPSA) is 30.7 Å². The lowest BCUT2D eigenvalue weighted by Crippen LogP contribution is -1.80. The Kier molecular flexibility index (Phi) is 1.42. The first-order valence-corrected chi connectivity index (χ1v) is 3.96. The van der Waals surface area contributed by atoms with Crippen LogP contribution in [0.25, 0.3) is 11.2 Å². The minimum absolute atomic E-state index is 0.780. The first-order chi connectivity index (χ1) is 5.29. The summed E-state index contributed by atoms with van der Waals surface area (Å²) in [5.41, 5.74) is 1.78. The Balaban J connectivity index is 2.92. The van der Waals surface area contributed by atoms with Crippen LogP contribution in [0.3, 0.4) is 0 Å². The number of pyridine rings is 1. The molecule has 0 spiro atoms. The molecule has 2 aromatic heterocycles. The molecule has 0 aliphatic rings. The number of halogens is 1. The quantitative estimate of drug-likeness (QED) is 0.667. The predicted octanol–water partition coefficient (Wildman–Crippen LogP) is 1.90. The van der Waals surface area contributed by atoms with Gasteiger partial charge in [-0.2, -0.15) is 0 Å². The Labute approximate surface area is 72.4 Å². The van der Waals surface area contributed by atoms with Crippen molar-refractivity contribution in [3.05, 3.63) is 24.2 Å². The van der Waals surface area contributed by atoms with E-state index in [1.807, 2.05) is 22.6 Å². The van der Waals surface area contributed by atoms with E-state index in [4.69, 9.17) is 0 Å². The molecule has 2 aromatic rings. The van der Waals surface area contributed by atoms with E-state index < -0.39 is 0 Å². The molecule has 0 amide bonds. The van der Waals surface area contributed by atoms with Gasteiger partial charge in [0, 0.05) is 6.20 Å². The van der Waals surface area contributed by atoms with Crippen LogP contribution in [-0.4, -0.2) is 13.6 Å². The van der Waals surface area contributed by atoms with Crippen LogP contribution in [0.2, 0.25) is 0 Å². The monoisotopic (exact) mass is 211 g/mol. The smallest absolute Gasteiger partial charge is 0.178 e. The zero-order chi connectivity index (χ0) is 7.84. The summed E-state index contributed by atoms with van der Waals surface area (Å²) in [6, 6.07) is 3.86. The van der Waals surface area contributed by atoms with E-state index in [9.17, 15) is 0 Å². The normalized spacial score (nSPS) is 10.7. The van der Waals surface area contributed by atoms with Gasteiger partial charge in [-0.15, -0.1) is 0 Å². The van der Waals surface area contributed by atoms with Crippen LogP contribution >= 0.6 is 16.1 Å². The molecule has 3 nitrogen and oxygen atoms in total. The third kappa shape index (κ3) is 0.939. The van der Waals surface area contributed by atoms with Crippen LogP contribution in [0, 0.1) is 6.92 Å². The molecular weight excluding hydrogens is 206 g/mol. The molecule has 0 saturated carbocycles. The number of fused-ring (bicyclic) bond motifs is 1. The van der Waals surface area contributed by atoms with Crippen molar-refractivity contribution in [3.63, 3.8) is 0 Å². The molecule has 0 radical (unpaired) electrons. The Morgan fingerprint density at radius 3 is 3.09 bits per heavy atom. The molecule has 0 bridgehead atoms. The summed E-state index contributed by atoms with van der Waals surface area (Å²) in [6.07, 6.45) is 1.74. The van der Waals surface area contributed by atoms with Crippen molar-refractivity contribution in [2.75, 3.05) is 0 Å². The molecule has 0 N–H and O–H groups in total. The molecule has 0 fully saturated rings. The Hall–Kier alpha value is -0.900. The molecule has 2 heterocycles. The second-order valence-electron chi connectivity index (χ2n) is 2.29. The van der Waals surface area contributed by atoms with Crippen molar-refractivity contribution in [1.82, 2.24) is 13.6 Å².